The molecule has 0 heterocycles. The van der Waals surface area contributed by atoms with E-state index < -0.39 is 37.4 Å². The van der Waals surface area contributed by atoms with Crippen molar-refractivity contribution in [2.45, 2.75) is 25.2 Å². The van der Waals surface area contributed by atoms with E-state index in [1.165, 1.54) is 12.1 Å². The van der Waals surface area contributed by atoms with Crippen LogP contribution in [0.4, 0.5) is 5.69 Å². The zero-order chi connectivity index (χ0) is 14.6. The first-order valence-corrected chi connectivity index (χ1v) is 7.08. The van der Waals surface area contributed by atoms with E-state index in [9.17, 15) is 23.3 Å². The van der Waals surface area contributed by atoms with Crippen molar-refractivity contribution in [1.82, 2.24) is 4.72 Å². The number of benzene rings is 1. The Labute approximate surface area is 110 Å². The number of carbonyl (C=O) groups excluding carboxylic acids is 1. The van der Waals surface area contributed by atoms with Crippen LogP contribution in [0.3, 0.4) is 0 Å². The van der Waals surface area contributed by atoms with Crippen LogP contribution in [0.25, 0.3) is 0 Å². The molecule has 0 bridgehead atoms. The molecule has 104 valence electrons. The van der Waals surface area contributed by atoms with Crippen LogP contribution in [-0.4, -0.2) is 19.2 Å². The molecule has 1 rings (SSSR count). The highest BCUT2D eigenvalue weighted by Gasteiger charge is 2.27. The number of para-hydroxylation sites is 1. The van der Waals surface area contributed by atoms with Gasteiger partial charge in [-0.15, -0.1) is 0 Å². The number of hydrogen-bond acceptors (Lipinski definition) is 5. The number of nitrogens with one attached hydrogen (secondary N) is 1. The van der Waals surface area contributed by atoms with Crippen LogP contribution in [0.5, 0.6) is 0 Å². The van der Waals surface area contributed by atoms with E-state index in [-0.39, 0.29) is 0 Å². The molecule has 0 unspecified atom stereocenters. The molecule has 1 amide bonds. The number of nitro benzene ring substituents is 1. The molecule has 0 aliphatic carbocycles. The Hall–Kier alpha value is -1.96. The summed E-state index contributed by atoms with van der Waals surface area (Å²) < 4.78 is 25.8. The molecule has 0 saturated heterocycles. The molecule has 0 aliphatic rings. The molecule has 0 aromatic heterocycles. The van der Waals surface area contributed by atoms with Gasteiger partial charge in [0.05, 0.1) is 4.92 Å². The minimum atomic E-state index is -4.23. The van der Waals surface area contributed by atoms with Gasteiger partial charge in [-0.3, -0.25) is 14.9 Å². The van der Waals surface area contributed by atoms with E-state index in [1.54, 1.807) is 13.8 Å². The van der Waals surface area contributed by atoms with Crippen LogP contribution in [0.2, 0.25) is 0 Å². The highest BCUT2D eigenvalue weighted by atomic mass is 32.2. The van der Waals surface area contributed by atoms with Crippen LogP contribution < -0.4 is 4.72 Å². The summed E-state index contributed by atoms with van der Waals surface area (Å²) in [5, 5.41) is 10.8. The zero-order valence-corrected chi connectivity index (χ0v) is 11.3. The lowest BCUT2D eigenvalue weighted by Crippen LogP contribution is -2.34. The predicted octanol–water partition coefficient (Wildman–Crippen LogP) is 1.45. The summed E-state index contributed by atoms with van der Waals surface area (Å²) in [6.07, 6.45) is 0.470. The van der Waals surface area contributed by atoms with Gasteiger partial charge in [0, 0.05) is 12.0 Å². The normalized spacial score (nSPS) is 12.7. The third-order valence-corrected chi connectivity index (χ3v) is 4.04. The Bertz CT molecular complexity index is 597. The molecule has 0 aliphatic heterocycles. The van der Waals surface area contributed by atoms with Gasteiger partial charge in [0.15, 0.2) is 4.90 Å². The van der Waals surface area contributed by atoms with Crippen molar-refractivity contribution in [2.24, 2.45) is 5.92 Å². The van der Waals surface area contributed by atoms with Crippen molar-refractivity contribution >= 4 is 21.6 Å². The van der Waals surface area contributed by atoms with Crippen molar-refractivity contribution in [2.75, 3.05) is 0 Å². The van der Waals surface area contributed by atoms with Crippen LogP contribution in [0.15, 0.2) is 29.2 Å². The molecular weight excluding hydrogens is 272 g/mol. The molecule has 0 spiro atoms. The van der Waals surface area contributed by atoms with E-state index in [2.05, 4.69) is 0 Å². The van der Waals surface area contributed by atoms with Crippen molar-refractivity contribution in [3.8, 4) is 0 Å². The van der Waals surface area contributed by atoms with E-state index >= 15 is 0 Å². The van der Waals surface area contributed by atoms with Crippen LogP contribution >= 0.6 is 0 Å². The second-order valence-electron chi connectivity index (χ2n) is 4.00. The molecule has 1 N–H and O–H groups in total. The third-order valence-electron chi connectivity index (χ3n) is 2.65. The molecular formula is C11H14N2O5S. The number of hydrogen-bond donors (Lipinski definition) is 1. The summed E-state index contributed by atoms with van der Waals surface area (Å²) in [5.74, 6) is -1.17. The maximum atomic E-state index is 12.0. The van der Waals surface area contributed by atoms with E-state index in [1.807, 2.05) is 4.72 Å². The summed E-state index contributed by atoms with van der Waals surface area (Å²) in [6.45, 7) is 3.31. The van der Waals surface area contributed by atoms with E-state index in [4.69, 9.17) is 0 Å². The first kappa shape index (κ1) is 15.1. The van der Waals surface area contributed by atoms with Crippen molar-refractivity contribution in [3.63, 3.8) is 0 Å². The fraction of sp³-hybridized carbons (Fsp3) is 0.364. The molecule has 7 nitrogen and oxygen atoms in total. The Kier molecular flexibility index (Phi) is 4.60. The van der Waals surface area contributed by atoms with Gasteiger partial charge in [0.1, 0.15) is 0 Å². The molecule has 0 saturated carbocycles. The SMILES string of the molecule is CC[C@H](C)C(=O)NS(=O)(=O)c1ccccc1[N+](=O)[O-]. The first-order chi connectivity index (χ1) is 8.79. The van der Waals surface area contributed by atoms with Gasteiger partial charge in [-0.05, 0) is 12.5 Å². The van der Waals surface area contributed by atoms with Gasteiger partial charge >= 0.3 is 0 Å². The smallest absolute Gasteiger partial charge is 0.274 e. The molecule has 1 aromatic rings. The third kappa shape index (κ3) is 3.50. The molecule has 1 atom stereocenters. The second kappa shape index (κ2) is 5.79. The van der Waals surface area contributed by atoms with E-state index in [0.29, 0.717) is 6.42 Å². The summed E-state index contributed by atoms with van der Waals surface area (Å²) in [5.41, 5.74) is -0.563. The van der Waals surface area contributed by atoms with Gasteiger partial charge in [0.2, 0.25) is 5.91 Å². The van der Waals surface area contributed by atoms with Crippen molar-refractivity contribution in [1.29, 1.82) is 0 Å². The maximum Gasteiger partial charge on any atom is 0.289 e. The lowest BCUT2D eigenvalue weighted by Gasteiger charge is -2.10. The summed E-state index contributed by atoms with van der Waals surface area (Å²) >= 11 is 0. The van der Waals surface area contributed by atoms with Crippen molar-refractivity contribution < 1.29 is 18.1 Å². The lowest BCUT2D eigenvalue weighted by molar-refractivity contribution is -0.387. The van der Waals surface area contributed by atoms with Gasteiger partial charge in [-0.2, -0.15) is 0 Å². The minimum absolute atomic E-state index is 0.470. The standard InChI is InChI=1S/C11H14N2O5S/c1-3-8(2)11(14)12-19(17,18)10-7-5-4-6-9(10)13(15)16/h4-8H,3H2,1-2H3,(H,12,14)/t8-/m0/s1. The van der Waals surface area contributed by atoms with Crippen molar-refractivity contribution in [3.05, 3.63) is 34.4 Å². The monoisotopic (exact) mass is 286 g/mol. The molecule has 1 aromatic carbocycles. The van der Waals surface area contributed by atoms with Crippen LogP contribution in [0, 0.1) is 16.0 Å². The number of carbonyl (C=O) groups is 1. The fourth-order valence-electron chi connectivity index (χ4n) is 1.31. The number of nitro groups is 1. The molecule has 19 heavy (non-hydrogen) atoms. The number of rotatable bonds is 5. The van der Waals surface area contributed by atoms with Crippen LogP contribution in [0.1, 0.15) is 20.3 Å². The largest absolute Gasteiger partial charge is 0.289 e. The topological polar surface area (TPSA) is 106 Å². The Morgan fingerprint density at radius 3 is 2.53 bits per heavy atom. The highest BCUT2D eigenvalue weighted by molar-refractivity contribution is 7.90. The summed E-state index contributed by atoms with van der Waals surface area (Å²) in [6, 6.07) is 4.87. The first-order valence-electron chi connectivity index (χ1n) is 5.59. The molecule has 8 heteroatoms. The summed E-state index contributed by atoms with van der Waals surface area (Å²) in [7, 11) is -4.23. The van der Waals surface area contributed by atoms with Gasteiger partial charge in [-0.1, -0.05) is 26.0 Å². The Morgan fingerprint density at radius 1 is 1.42 bits per heavy atom. The number of amides is 1. The second-order valence-corrected chi connectivity index (χ2v) is 5.65. The quantitative estimate of drug-likeness (QED) is 0.651. The number of sulfonamides is 1. The van der Waals surface area contributed by atoms with Crippen LogP contribution in [-0.2, 0) is 14.8 Å². The summed E-state index contributed by atoms with van der Waals surface area (Å²) in [4.78, 5) is 21.0. The molecule has 0 radical (unpaired) electrons. The zero-order valence-electron chi connectivity index (χ0n) is 10.5. The lowest BCUT2D eigenvalue weighted by atomic mass is 10.1. The minimum Gasteiger partial charge on any atom is -0.274 e. The number of nitrogens with zero attached hydrogens (tertiary/aromatic N) is 1. The van der Waals surface area contributed by atoms with E-state index in [0.717, 1.165) is 12.1 Å². The predicted molar refractivity (Wildman–Crippen MR) is 67.9 cm³/mol. The Balaban J connectivity index is 3.15. The van der Waals surface area contributed by atoms with Gasteiger partial charge in [0.25, 0.3) is 15.7 Å². The Morgan fingerprint density at radius 2 is 2.00 bits per heavy atom. The van der Waals surface area contributed by atoms with Gasteiger partial charge < -0.3 is 0 Å². The van der Waals surface area contributed by atoms with Gasteiger partial charge in [-0.25, -0.2) is 13.1 Å². The molecule has 0 fully saturated rings. The maximum absolute atomic E-state index is 12.0. The fourth-order valence-corrected chi connectivity index (χ4v) is 2.56. The average molecular weight is 286 g/mol. The average Bonchev–Trinajstić information content (AvgIpc) is 2.37. The highest BCUT2D eigenvalue weighted by Crippen LogP contribution is 2.22.